The minimum atomic E-state index is -0.438. The average molecular weight is 356 g/mol. The molecule has 2 heterocycles. The lowest BCUT2D eigenvalue weighted by Gasteiger charge is -2.14. The van der Waals surface area contributed by atoms with Gasteiger partial charge in [0.1, 0.15) is 5.82 Å². The highest BCUT2D eigenvalue weighted by Crippen LogP contribution is 2.37. The Morgan fingerprint density at radius 2 is 1.92 bits per heavy atom. The van der Waals surface area contributed by atoms with E-state index >= 15 is 0 Å². The fraction of sp³-hybridized carbons (Fsp3) is 0. The minimum absolute atomic E-state index is 0.0867. The fourth-order valence-electron chi connectivity index (χ4n) is 2.57. The second-order valence-electron chi connectivity index (χ2n) is 5.19. The van der Waals surface area contributed by atoms with Crippen molar-refractivity contribution in [3.05, 3.63) is 65.6 Å². The molecule has 1 aromatic heterocycles. The first-order chi connectivity index (χ1) is 11.7. The first-order valence-corrected chi connectivity index (χ1v) is 8.41. The van der Waals surface area contributed by atoms with Gasteiger partial charge in [-0.2, -0.15) is 0 Å². The smallest absolute Gasteiger partial charge is 0.141 e. The van der Waals surface area contributed by atoms with Gasteiger partial charge in [-0.05, 0) is 53.9 Å². The van der Waals surface area contributed by atoms with Crippen LogP contribution in [0.4, 0.5) is 10.1 Å². The zero-order valence-electron chi connectivity index (χ0n) is 12.3. The molecule has 24 heavy (non-hydrogen) atoms. The van der Waals surface area contributed by atoms with Crippen LogP contribution in [0.2, 0.25) is 5.02 Å². The molecule has 1 aliphatic heterocycles. The van der Waals surface area contributed by atoms with E-state index in [1.54, 1.807) is 24.7 Å². The normalized spacial score (nSPS) is 12.6. The molecule has 0 bridgehead atoms. The van der Waals surface area contributed by atoms with Gasteiger partial charge in [-0.25, -0.2) is 9.38 Å². The van der Waals surface area contributed by atoms with E-state index < -0.39 is 5.82 Å². The highest BCUT2D eigenvalue weighted by molar-refractivity contribution is 7.98. The summed E-state index contributed by atoms with van der Waals surface area (Å²) < 4.78 is 16.5. The Balaban J connectivity index is 1.85. The average Bonchev–Trinajstić information content (AvgIpc) is 2.63. The second-order valence-corrected chi connectivity index (χ2v) is 6.48. The van der Waals surface area contributed by atoms with Crippen molar-refractivity contribution in [2.24, 2.45) is 4.99 Å². The number of aromatic nitrogens is 1. The van der Waals surface area contributed by atoms with Gasteiger partial charge in [-0.1, -0.05) is 23.7 Å². The molecule has 2 aromatic carbocycles. The molecular weight excluding hydrogens is 345 g/mol. The van der Waals surface area contributed by atoms with E-state index in [-0.39, 0.29) is 5.02 Å². The minimum Gasteiger partial charge on any atom is -0.316 e. The summed E-state index contributed by atoms with van der Waals surface area (Å²) in [5.41, 5.74) is 4.44. The third-order valence-electron chi connectivity index (χ3n) is 3.70. The molecule has 1 aliphatic rings. The molecule has 6 heteroatoms. The molecule has 1 N–H and O–H groups in total. The number of pyridine rings is 1. The van der Waals surface area contributed by atoms with E-state index in [0.717, 1.165) is 33.0 Å². The summed E-state index contributed by atoms with van der Waals surface area (Å²) in [4.78, 5) is 9.82. The van der Waals surface area contributed by atoms with Gasteiger partial charge in [-0.3, -0.25) is 4.98 Å². The van der Waals surface area contributed by atoms with Crippen molar-refractivity contribution < 1.29 is 4.39 Å². The quantitative estimate of drug-likeness (QED) is 0.618. The van der Waals surface area contributed by atoms with Gasteiger partial charge < -0.3 is 4.72 Å². The monoisotopic (exact) mass is 355 g/mol. The number of halogens is 2. The lowest BCUT2D eigenvalue weighted by atomic mass is 9.99. The summed E-state index contributed by atoms with van der Waals surface area (Å²) >= 11 is 7.44. The maximum Gasteiger partial charge on any atom is 0.141 e. The summed E-state index contributed by atoms with van der Waals surface area (Å²) in [6, 6.07) is 14.6. The van der Waals surface area contributed by atoms with Gasteiger partial charge in [0.05, 0.1) is 27.6 Å². The third kappa shape index (κ3) is 2.77. The summed E-state index contributed by atoms with van der Waals surface area (Å²) in [7, 11) is 0. The SMILES string of the molecule is Fc1ccc(-c2ncccc2-c2ccc3c(c2)SNC=N3)cc1Cl. The van der Waals surface area contributed by atoms with Crippen LogP contribution in [0.1, 0.15) is 0 Å². The summed E-state index contributed by atoms with van der Waals surface area (Å²) in [6.45, 7) is 0. The highest BCUT2D eigenvalue weighted by atomic mass is 35.5. The van der Waals surface area contributed by atoms with Crippen LogP contribution in [0, 0.1) is 5.82 Å². The van der Waals surface area contributed by atoms with E-state index in [2.05, 4.69) is 20.8 Å². The van der Waals surface area contributed by atoms with Crippen molar-refractivity contribution in [1.29, 1.82) is 0 Å². The Labute approximate surface area is 147 Å². The van der Waals surface area contributed by atoms with E-state index in [0.29, 0.717) is 0 Å². The maximum absolute atomic E-state index is 13.5. The van der Waals surface area contributed by atoms with Crippen LogP contribution in [0.25, 0.3) is 22.4 Å². The summed E-state index contributed by atoms with van der Waals surface area (Å²) in [5, 5.41) is 0.0867. The molecule has 3 aromatic rings. The highest BCUT2D eigenvalue weighted by Gasteiger charge is 2.13. The van der Waals surface area contributed by atoms with Gasteiger partial charge in [0, 0.05) is 17.3 Å². The van der Waals surface area contributed by atoms with Gasteiger partial charge in [0.2, 0.25) is 0 Å². The molecule has 0 radical (unpaired) electrons. The zero-order chi connectivity index (χ0) is 16.5. The van der Waals surface area contributed by atoms with Crippen molar-refractivity contribution in [2.45, 2.75) is 4.90 Å². The number of fused-ring (bicyclic) bond motifs is 1. The van der Waals surface area contributed by atoms with Crippen LogP contribution < -0.4 is 4.72 Å². The second kappa shape index (κ2) is 6.26. The van der Waals surface area contributed by atoms with Crippen LogP contribution in [-0.4, -0.2) is 11.3 Å². The maximum atomic E-state index is 13.5. The Bertz CT molecular complexity index is 959. The van der Waals surface area contributed by atoms with Gasteiger partial charge >= 0.3 is 0 Å². The van der Waals surface area contributed by atoms with E-state index in [4.69, 9.17) is 11.6 Å². The van der Waals surface area contributed by atoms with E-state index in [1.807, 2.05) is 24.3 Å². The topological polar surface area (TPSA) is 37.3 Å². The molecule has 0 atom stereocenters. The number of rotatable bonds is 2. The standard InChI is InChI=1S/C18H11ClFN3S/c19-14-8-12(3-5-15(14)20)18-13(2-1-7-21-18)11-4-6-16-17(9-11)24-23-10-22-16/h1-10H,(H,22,23). The molecule has 0 amide bonds. The van der Waals surface area contributed by atoms with Crippen molar-refractivity contribution in [3.63, 3.8) is 0 Å². The number of aliphatic imine (C=N–C) groups is 1. The number of hydrogen-bond acceptors (Lipinski definition) is 4. The Kier molecular flexibility index (Phi) is 3.96. The van der Waals surface area contributed by atoms with Crippen LogP contribution >= 0.6 is 23.5 Å². The molecular formula is C18H11ClFN3S. The number of nitrogens with zero attached hydrogens (tertiary/aromatic N) is 2. The number of benzene rings is 2. The number of hydrogen-bond donors (Lipinski definition) is 1. The first kappa shape index (κ1) is 15.2. The lowest BCUT2D eigenvalue weighted by Crippen LogP contribution is -2.02. The van der Waals surface area contributed by atoms with Gasteiger partial charge in [0.25, 0.3) is 0 Å². The largest absolute Gasteiger partial charge is 0.316 e. The van der Waals surface area contributed by atoms with Crippen LogP contribution in [0.3, 0.4) is 0 Å². The fourth-order valence-corrected chi connectivity index (χ4v) is 3.39. The lowest BCUT2D eigenvalue weighted by molar-refractivity contribution is 0.628. The van der Waals surface area contributed by atoms with Gasteiger partial charge in [-0.15, -0.1) is 0 Å². The van der Waals surface area contributed by atoms with E-state index in [9.17, 15) is 4.39 Å². The molecule has 0 spiro atoms. The predicted octanol–water partition coefficient (Wildman–Crippen LogP) is 5.48. The summed E-state index contributed by atoms with van der Waals surface area (Å²) in [5.74, 6) is -0.438. The molecule has 118 valence electrons. The van der Waals surface area contributed by atoms with Crippen molar-refractivity contribution in [1.82, 2.24) is 9.71 Å². The molecule has 4 rings (SSSR count). The Hall–Kier alpha value is -2.37. The Morgan fingerprint density at radius 3 is 2.79 bits per heavy atom. The predicted molar refractivity (Wildman–Crippen MR) is 97.2 cm³/mol. The Morgan fingerprint density at radius 1 is 1.04 bits per heavy atom. The van der Waals surface area contributed by atoms with E-state index in [1.165, 1.54) is 18.0 Å². The van der Waals surface area contributed by atoms with Crippen molar-refractivity contribution >= 4 is 35.6 Å². The molecule has 0 fully saturated rings. The van der Waals surface area contributed by atoms with Crippen LogP contribution in [-0.2, 0) is 0 Å². The summed E-state index contributed by atoms with van der Waals surface area (Å²) in [6.07, 6.45) is 3.39. The third-order valence-corrected chi connectivity index (χ3v) is 4.76. The molecule has 0 unspecified atom stereocenters. The number of nitrogens with one attached hydrogen (secondary N) is 1. The van der Waals surface area contributed by atoms with Crippen LogP contribution in [0.15, 0.2) is 64.6 Å². The van der Waals surface area contributed by atoms with Crippen molar-refractivity contribution in [2.75, 3.05) is 0 Å². The zero-order valence-corrected chi connectivity index (χ0v) is 13.9. The van der Waals surface area contributed by atoms with Gasteiger partial charge in [0.15, 0.2) is 0 Å². The first-order valence-electron chi connectivity index (χ1n) is 7.22. The molecule has 0 saturated heterocycles. The molecule has 0 aliphatic carbocycles. The molecule has 0 saturated carbocycles. The molecule has 3 nitrogen and oxygen atoms in total. The van der Waals surface area contributed by atoms with Crippen molar-refractivity contribution in [3.8, 4) is 22.4 Å². The van der Waals surface area contributed by atoms with Crippen LogP contribution in [0.5, 0.6) is 0 Å².